The molecular weight excluding hydrogens is 934 g/mol. The molecule has 2 rings (SSSR count). The van der Waals surface area contributed by atoms with Gasteiger partial charge in [0.2, 0.25) is 0 Å². The van der Waals surface area contributed by atoms with Gasteiger partial charge in [0.05, 0.1) is 51.2 Å². The average molecular weight is 1020 g/mol. The minimum Gasteiger partial charge on any atom is -0.497 e. The SMILES string of the molecule is C=CC[C@H](OC)c1coc(C[C@H](O[Si](C)(C)C(C)(C)C)C(C)(C)[C@H](C[C@H](OC)[C@@H](C)COCc2ccc(OC)cc2)OC(=O)C[C@H](C[C@H](/C=C/I)OC)O[Si](C)(C)C(C)(C)C)n1. The van der Waals surface area contributed by atoms with Crippen molar-refractivity contribution >= 4 is 45.2 Å². The van der Waals surface area contributed by atoms with Crippen LogP contribution in [0.2, 0.25) is 36.3 Å². The molecule has 1 aromatic carbocycles. The van der Waals surface area contributed by atoms with E-state index in [0.29, 0.717) is 50.5 Å². The van der Waals surface area contributed by atoms with E-state index in [1.165, 1.54) is 0 Å². The van der Waals surface area contributed by atoms with Crippen molar-refractivity contribution in [1.29, 1.82) is 0 Å². The summed E-state index contributed by atoms with van der Waals surface area (Å²) in [6.45, 7) is 33.3. The second-order valence-electron chi connectivity index (χ2n) is 20.2. The Morgan fingerprint density at radius 3 is 2.00 bits per heavy atom. The van der Waals surface area contributed by atoms with Crippen LogP contribution < -0.4 is 4.74 Å². The summed E-state index contributed by atoms with van der Waals surface area (Å²) < 4.78 is 58.5. The first-order chi connectivity index (χ1) is 28.8. The largest absolute Gasteiger partial charge is 0.497 e. The molecule has 0 aliphatic rings. The Morgan fingerprint density at radius 2 is 1.48 bits per heavy atom. The normalized spacial score (nSPS) is 16.7. The van der Waals surface area contributed by atoms with Gasteiger partial charge in [-0.2, -0.15) is 0 Å². The van der Waals surface area contributed by atoms with Crippen molar-refractivity contribution in [3.63, 3.8) is 0 Å². The second kappa shape index (κ2) is 25.1. The predicted molar refractivity (Wildman–Crippen MR) is 263 cm³/mol. The molecule has 0 spiro atoms. The lowest BCUT2D eigenvalue weighted by atomic mass is 9.76. The fourth-order valence-electron chi connectivity index (χ4n) is 6.63. The Kier molecular flexibility index (Phi) is 22.8. The number of esters is 1. The van der Waals surface area contributed by atoms with Crippen LogP contribution in [0.15, 0.2) is 57.8 Å². The Balaban J connectivity index is 2.64. The number of nitrogens with zero attached hydrogens (tertiary/aromatic N) is 1. The van der Waals surface area contributed by atoms with Gasteiger partial charge in [0.25, 0.3) is 0 Å². The summed E-state index contributed by atoms with van der Waals surface area (Å²) in [6, 6.07) is 7.85. The zero-order chi connectivity index (χ0) is 47.1. The number of halogens is 1. The number of hydrogen-bond donors (Lipinski definition) is 0. The molecule has 0 amide bonds. The van der Waals surface area contributed by atoms with Gasteiger partial charge in [-0.25, -0.2) is 4.98 Å². The predicted octanol–water partition coefficient (Wildman–Crippen LogP) is 12.2. The molecular formula is C48H82INO10Si2. The molecule has 7 atom stereocenters. The van der Waals surface area contributed by atoms with Gasteiger partial charge in [0.15, 0.2) is 22.5 Å². The molecule has 1 heterocycles. The van der Waals surface area contributed by atoms with Gasteiger partial charge in [-0.15, -0.1) is 6.58 Å². The monoisotopic (exact) mass is 1020 g/mol. The quantitative estimate of drug-likeness (QED) is 0.0351. The molecule has 1 aromatic heterocycles. The smallest absolute Gasteiger partial charge is 0.308 e. The molecule has 0 fully saturated rings. The van der Waals surface area contributed by atoms with Gasteiger partial charge >= 0.3 is 5.97 Å². The number of rotatable bonds is 28. The molecule has 0 aliphatic carbocycles. The summed E-state index contributed by atoms with van der Waals surface area (Å²) in [5.41, 5.74) is 0.967. The lowest BCUT2D eigenvalue weighted by Crippen LogP contribution is -2.53. The Hall–Kier alpha value is -1.90. The molecule has 0 N–H and O–H groups in total. The molecule has 0 bridgehead atoms. The lowest BCUT2D eigenvalue weighted by Gasteiger charge is -2.47. The minimum atomic E-state index is -2.42. The van der Waals surface area contributed by atoms with E-state index in [1.54, 1.807) is 34.7 Å². The van der Waals surface area contributed by atoms with Gasteiger partial charge in [0.1, 0.15) is 29.9 Å². The van der Waals surface area contributed by atoms with Crippen LogP contribution in [-0.2, 0) is 50.4 Å². The summed E-state index contributed by atoms with van der Waals surface area (Å²) in [5.74, 6) is 0.922. The van der Waals surface area contributed by atoms with Crippen molar-refractivity contribution in [3.05, 3.63) is 70.5 Å². The number of ether oxygens (including phenoxy) is 6. The van der Waals surface area contributed by atoms with E-state index in [4.69, 9.17) is 46.7 Å². The first-order valence-electron chi connectivity index (χ1n) is 21.9. The third-order valence-electron chi connectivity index (χ3n) is 13.0. The third kappa shape index (κ3) is 17.2. The Labute approximate surface area is 391 Å². The van der Waals surface area contributed by atoms with Gasteiger partial charge < -0.3 is 41.7 Å². The number of oxazole rings is 1. The summed E-state index contributed by atoms with van der Waals surface area (Å²) in [5, 5.41) is -0.175. The Bertz CT molecular complexity index is 1650. The molecule has 11 nitrogen and oxygen atoms in total. The number of aromatic nitrogens is 1. The summed E-state index contributed by atoms with van der Waals surface area (Å²) in [7, 11) is 1.98. The van der Waals surface area contributed by atoms with E-state index in [9.17, 15) is 4.79 Å². The van der Waals surface area contributed by atoms with Crippen LogP contribution in [0.3, 0.4) is 0 Å². The van der Waals surface area contributed by atoms with E-state index < -0.39 is 40.4 Å². The first-order valence-corrected chi connectivity index (χ1v) is 29.0. The molecule has 14 heteroatoms. The average Bonchev–Trinajstić information content (AvgIpc) is 3.65. The van der Waals surface area contributed by atoms with E-state index in [1.807, 2.05) is 40.5 Å². The van der Waals surface area contributed by atoms with Crippen molar-refractivity contribution in [1.82, 2.24) is 4.98 Å². The van der Waals surface area contributed by atoms with E-state index in [-0.39, 0.29) is 46.7 Å². The summed E-state index contributed by atoms with van der Waals surface area (Å²) >= 11 is 2.19. The highest BCUT2D eigenvalue weighted by Crippen LogP contribution is 2.44. The van der Waals surface area contributed by atoms with E-state index in [0.717, 1.165) is 11.3 Å². The zero-order valence-corrected chi connectivity index (χ0v) is 45.4. The summed E-state index contributed by atoms with van der Waals surface area (Å²) in [4.78, 5) is 19.5. The molecule has 0 saturated heterocycles. The van der Waals surface area contributed by atoms with Crippen molar-refractivity contribution in [2.75, 3.05) is 35.0 Å². The maximum atomic E-state index is 14.6. The standard InChI is InChI=1S/C48H82INO10Si2/c1-19-20-40(54-13)39-33-57-44(50-39)30-43(60-62(17,18)47(6,7)8)48(9,10)42(29-41(55-14)34(2)31-56-32-35-21-23-36(52-11)24-22-35)58-45(51)28-38(27-37(53-12)25-26-49)59-61(15,16)46(3,4)5/h19,21-26,33-34,37-38,40-43H,1,20,27-32H2,2-18H3/b26-25+/t34-,37-,38-,40-,41-,42-,43-/m0/s1. The van der Waals surface area contributed by atoms with Crippen LogP contribution in [0.5, 0.6) is 5.75 Å². The maximum absolute atomic E-state index is 14.6. The lowest BCUT2D eigenvalue weighted by molar-refractivity contribution is -0.167. The van der Waals surface area contributed by atoms with Gasteiger partial charge in [0, 0.05) is 51.9 Å². The van der Waals surface area contributed by atoms with Crippen LogP contribution in [0, 0.1) is 11.3 Å². The highest BCUT2D eigenvalue weighted by atomic mass is 127. The van der Waals surface area contributed by atoms with E-state index in [2.05, 4.69) is 118 Å². The maximum Gasteiger partial charge on any atom is 0.308 e. The molecule has 0 saturated carbocycles. The molecule has 354 valence electrons. The van der Waals surface area contributed by atoms with Crippen LogP contribution >= 0.6 is 22.6 Å². The van der Waals surface area contributed by atoms with Crippen molar-refractivity contribution in [2.45, 2.75) is 174 Å². The Morgan fingerprint density at radius 1 is 0.871 bits per heavy atom. The fraction of sp³-hybridized carbons (Fsp3) is 0.708. The minimum absolute atomic E-state index is 0.0441. The molecule has 0 radical (unpaired) electrons. The van der Waals surface area contributed by atoms with Crippen molar-refractivity contribution in [2.24, 2.45) is 11.3 Å². The van der Waals surface area contributed by atoms with Crippen LogP contribution in [0.1, 0.15) is 111 Å². The van der Waals surface area contributed by atoms with Crippen LogP contribution in [-0.4, -0.2) is 93.2 Å². The number of benzene rings is 1. The molecule has 62 heavy (non-hydrogen) atoms. The number of carbonyl (C=O) groups excluding carboxylic acids is 1. The highest BCUT2D eigenvalue weighted by Gasteiger charge is 2.48. The highest BCUT2D eigenvalue weighted by molar-refractivity contribution is 14.1. The summed E-state index contributed by atoms with van der Waals surface area (Å²) in [6.07, 6.45) is 4.99. The number of carbonyl (C=O) groups is 1. The van der Waals surface area contributed by atoms with Gasteiger partial charge in [-0.05, 0) is 70.5 Å². The molecule has 2 aromatic rings. The topological polar surface area (TPSA) is 117 Å². The van der Waals surface area contributed by atoms with Crippen molar-refractivity contribution in [3.8, 4) is 5.75 Å². The molecule has 0 unspecified atom stereocenters. The number of methoxy groups -OCH3 is 4. The van der Waals surface area contributed by atoms with Crippen LogP contribution in [0.25, 0.3) is 0 Å². The number of hydrogen-bond acceptors (Lipinski definition) is 11. The third-order valence-corrected chi connectivity index (χ3v) is 22.5. The van der Waals surface area contributed by atoms with Gasteiger partial charge in [-0.1, -0.05) is 103 Å². The van der Waals surface area contributed by atoms with Crippen molar-refractivity contribution < 1.29 is 46.5 Å². The second-order valence-corrected chi connectivity index (χ2v) is 30.4. The van der Waals surface area contributed by atoms with E-state index >= 15 is 0 Å². The fourth-order valence-corrected chi connectivity index (χ4v) is 9.91. The first kappa shape index (κ1) is 56.2. The molecule has 0 aliphatic heterocycles. The zero-order valence-electron chi connectivity index (χ0n) is 41.2. The van der Waals surface area contributed by atoms with Gasteiger partial charge in [-0.3, -0.25) is 4.79 Å². The van der Waals surface area contributed by atoms with Crippen LogP contribution in [0.4, 0.5) is 0 Å².